The van der Waals surface area contributed by atoms with Crippen LogP contribution >= 0.6 is 11.8 Å². The van der Waals surface area contributed by atoms with E-state index in [9.17, 15) is 0 Å². The largest absolute Gasteiger partial charge is 0.476 e. The molecule has 0 saturated carbocycles. The molecule has 1 aromatic heterocycles. The van der Waals surface area contributed by atoms with Gasteiger partial charge in [0.25, 0.3) is 0 Å². The maximum Gasteiger partial charge on any atom is 0.239 e. The molecule has 0 aliphatic carbocycles. The van der Waals surface area contributed by atoms with Crippen LogP contribution in [0.5, 0.6) is 5.88 Å². The first-order valence-electron chi connectivity index (χ1n) is 7.58. The van der Waals surface area contributed by atoms with Crippen LogP contribution in [-0.4, -0.2) is 54.2 Å². The van der Waals surface area contributed by atoms with Crippen LogP contribution in [-0.2, 0) is 0 Å². The van der Waals surface area contributed by atoms with Gasteiger partial charge in [-0.15, -0.1) is 0 Å². The number of rotatable bonds is 7. The molecule has 2 rings (SSSR count). The number of anilines is 2. The van der Waals surface area contributed by atoms with E-state index in [0.717, 1.165) is 18.9 Å². The van der Waals surface area contributed by atoms with Crippen LogP contribution in [0, 0.1) is 5.92 Å². The maximum atomic E-state index is 5.90. The molecule has 1 aliphatic heterocycles. The summed E-state index contributed by atoms with van der Waals surface area (Å²) in [6.45, 7) is 9.16. The molecule has 0 spiro atoms. The Labute approximate surface area is 131 Å². The Hall–Kier alpha value is -1.14. The molecule has 1 fully saturated rings. The Bertz CT molecular complexity index is 436. The van der Waals surface area contributed by atoms with Gasteiger partial charge in [-0.3, -0.25) is 4.90 Å². The lowest BCUT2D eigenvalue weighted by molar-refractivity contribution is 0.263. The molecule has 0 atom stereocenters. The highest BCUT2D eigenvalue weighted by atomic mass is 32.2. The van der Waals surface area contributed by atoms with Crippen LogP contribution in [0.1, 0.15) is 13.8 Å². The smallest absolute Gasteiger partial charge is 0.239 e. The number of hydrogen-bond acceptors (Lipinski definition) is 6. The number of ether oxygens (including phenoxy) is 1. The fourth-order valence-electron chi connectivity index (χ4n) is 2.08. The quantitative estimate of drug-likeness (QED) is 0.805. The van der Waals surface area contributed by atoms with Gasteiger partial charge in [-0.05, 0) is 18.1 Å². The predicted molar refractivity (Wildman–Crippen MR) is 91.2 cm³/mol. The standard InChI is InChI=1S/C15H26N4OS/c1-12(2)11-20-15-13(16)3-4-14(18-15)17-5-6-19-7-9-21-10-8-19/h3-4,12H,5-11,16H2,1-2H3,(H,17,18). The molecule has 0 amide bonds. The average Bonchev–Trinajstić information content (AvgIpc) is 2.48. The van der Waals surface area contributed by atoms with Gasteiger partial charge in [-0.1, -0.05) is 13.8 Å². The van der Waals surface area contributed by atoms with E-state index in [-0.39, 0.29) is 0 Å². The number of nitrogen functional groups attached to an aromatic ring is 1. The van der Waals surface area contributed by atoms with Crippen molar-refractivity contribution >= 4 is 23.3 Å². The van der Waals surface area contributed by atoms with Gasteiger partial charge in [-0.2, -0.15) is 16.7 Å². The van der Waals surface area contributed by atoms with Crippen molar-refractivity contribution in [2.24, 2.45) is 5.92 Å². The first kappa shape index (κ1) is 16.2. The molecule has 2 heterocycles. The van der Waals surface area contributed by atoms with Crippen molar-refractivity contribution in [1.29, 1.82) is 0 Å². The Morgan fingerprint density at radius 2 is 2.14 bits per heavy atom. The number of nitrogens with one attached hydrogen (secondary N) is 1. The lowest BCUT2D eigenvalue weighted by Gasteiger charge is -2.26. The number of nitrogens with two attached hydrogens (primary N) is 1. The van der Waals surface area contributed by atoms with Gasteiger partial charge in [0.2, 0.25) is 5.88 Å². The van der Waals surface area contributed by atoms with Crippen molar-refractivity contribution in [2.45, 2.75) is 13.8 Å². The molecule has 21 heavy (non-hydrogen) atoms. The van der Waals surface area contributed by atoms with E-state index >= 15 is 0 Å². The van der Waals surface area contributed by atoms with E-state index in [2.05, 4.69) is 29.0 Å². The zero-order valence-corrected chi connectivity index (χ0v) is 13.8. The first-order valence-corrected chi connectivity index (χ1v) is 8.74. The molecule has 1 aliphatic rings. The van der Waals surface area contributed by atoms with Crippen molar-refractivity contribution in [1.82, 2.24) is 9.88 Å². The summed E-state index contributed by atoms with van der Waals surface area (Å²) in [5.74, 6) is 4.30. The second kappa shape index (κ2) is 8.34. The van der Waals surface area contributed by atoms with Gasteiger partial charge < -0.3 is 15.8 Å². The molecule has 3 N–H and O–H groups in total. The van der Waals surface area contributed by atoms with Crippen LogP contribution in [0.2, 0.25) is 0 Å². The minimum atomic E-state index is 0.458. The monoisotopic (exact) mass is 310 g/mol. The van der Waals surface area contributed by atoms with Gasteiger partial charge in [-0.25, -0.2) is 0 Å². The van der Waals surface area contributed by atoms with Crippen molar-refractivity contribution in [3.63, 3.8) is 0 Å². The van der Waals surface area contributed by atoms with E-state index in [0.29, 0.717) is 24.1 Å². The normalized spacial score (nSPS) is 16.1. The predicted octanol–water partition coefficient (Wildman–Crippen LogP) is 2.16. The summed E-state index contributed by atoms with van der Waals surface area (Å²) in [5.41, 5.74) is 6.49. The van der Waals surface area contributed by atoms with Crippen molar-refractivity contribution in [3.05, 3.63) is 12.1 Å². The number of pyridine rings is 1. The average molecular weight is 310 g/mol. The number of thioether (sulfide) groups is 1. The lowest BCUT2D eigenvalue weighted by atomic mass is 10.2. The SMILES string of the molecule is CC(C)COc1nc(NCCN2CCSCC2)ccc1N. The van der Waals surface area contributed by atoms with E-state index in [4.69, 9.17) is 10.5 Å². The summed E-state index contributed by atoms with van der Waals surface area (Å²) >= 11 is 2.03. The van der Waals surface area contributed by atoms with Crippen molar-refractivity contribution in [3.8, 4) is 5.88 Å². The topological polar surface area (TPSA) is 63.4 Å². The van der Waals surface area contributed by atoms with Crippen molar-refractivity contribution < 1.29 is 4.74 Å². The highest BCUT2D eigenvalue weighted by molar-refractivity contribution is 7.99. The van der Waals surface area contributed by atoms with E-state index in [1.807, 2.05) is 23.9 Å². The van der Waals surface area contributed by atoms with E-state index in [1.54, 1.807) is 0 Å². The molecule has 6 heteroatoms. The molecule has 5 nitrogen and oxygen atoms in total. The fourth-order valence-corrected chi connectivity index (χ4v) is 3.06. The van der Waals surface area contributed by atoms with Crippen LogP contribution in [0.25, 0.3) is 0 Å². The number of hydrogen-bond donors (Lipinski definition) is 2. The Balaban J connectivity index is 1.80. The molecule has 118 valence electrons. The summed E-state index contributed by atoms with van der Waals surface area (Å²) < 4.78 is 5.65. The van der Waals surface area contributed by atoms with Gasteiger partial charge in [0.1, 0.15) is 5.82 Å². The summed E-state index contributed by atoms with van der Waals surface area (Å²) in [7, 11) is 0. The Morgan fingerprint density at radius 3 is 2.86 bits per heavy atom. The third kappa shape index (κ3) is 5.63. The lowest BCUT2D eigenvalue weighted by Crippen LogP contribution is -2.36. The Morgan fingerprint density at radius 1 is 1.38 bits per heavy atom. The van der Waals surface area contributed by atoms with Gasteiger partial charge in [0.15, 0.2) is 0 Å². The van der Waals surface area contributed by atoms with Crippen LogP contribution in [0.3, 0.4) is 0 Å². The minimum absolute atomic E-state index is 0.458. The maximum absolute atomic E-state index is 5.90. The van der Waals surface area contributed by atoms with Crippen LogP contribution in [0.4, 0.5) is 11.5 Å². The summed E-state index contributed by atoms with van der Waals surface area (Å²) in [6.07, 6.45) is 0. The highest BCUT2D eigenvalue weighted by Crippen LogP contribution is 2.21. The van der Waals surface area contributed by atoms with Gasteiger partial charge >= 0.3 is 0 Å². The van der Waals surface area contributed by atoms with E-state index < -0.39 is 0 Å². The second-order valence-corrected chi connectivity index (χ2v) is 6.90. The second-order valence-electron chi connectivity index (χ2n) is 5.68. The molecule has 0 aromatic carbocycles. The molecule has 0 unspecified atom stereocenters. The summed E-state index contributed by atoms with van der Waals surface area (Å²) in [6, 6.07) is 3.76. The van der Waals surface area contributed by atoms with Crippen LogP contribution < -0.4 is 15.8 Å². The van der Waals surface area contributed by atoms with Gasteiger partial charge in [0.05, 0.1) is 12.3 Å². The summed E-state index contributed by atoms with van der Waals surface area (Å²) in [4.78, 5) is 6.93. The first-order chi connectivity index (χ1) is 10.1. The third-order valence-corrected chi connectivity index (χ3v) is 4.22. The zero-order chi connectivity index (χ0) is 15.1. The third-order valence-electron chi connectivity index (χ3n) is 3.28. The number of aromatic nitrogens is 1. The van der Waals surface area contributed by atoms with Gasteiger partial charge in [0, 0.05) is 37.7 Å². The van der Waals surface area contributed by atoms with Crippen LogP contribution in [0.15, 0.2) is 12.1 Å². The Kier molecular flexibility index (Phi) is 6.45. The number of nitrogens with zero attached hydrogens (tertiary/aromatic N) is 2. The molecule has 0 radical (unpaired) electrons. The zero-order valence-electron chi connectivity index (χ0n) is 13.0. The fraction of sp³-hybridized carbons (Fsp3) is 0.667. The highest BCUT2D eigenvalue weighted by Gasteiger charge is 2.10. The molecule has 1 aromatic rings. The molecule has 1 saturated heterocycles. The molecular weight excluding hydrogens is 284 g/mol. The molecular formula is C15H26N4OS. The molecule has 0 bridgehead atoms. The minimum Gasteiger partial charge on any atom is -0.476 e. The van der Waals surface area contributed by atoms with E-state index in [1.165, 1.54) is 24.6 Å². The summed E-state index contributed by atoms with van der Waals surface area (Å²) in [5, 5.41) is 3.35. The van der Waals surface area contributed by atoms with Crippen molar-refractivity contribution in [2.75, 3.05) is 55.3 Å².